The van der Waals surface area contributed by atoms with E-state index in [1.54, 1.807) is 13.0 Å². The van der Waals surface area contributed by atoms with Crippen molar-refractivity contribution in [2.24, 2.45) is 11.7 Å². The third-order valence-corrected chi connectivity index (χ3v) is 5.77. The number of Topliss-reactive ketones (excluding diaryl/α,β-unsaturated/α-hetero) is 3. The molecular formula is C20H15NO8. The molecule has 0 fully saturated rings. The minimum absolute atomic E-state index is 0.0535. The van der Waals surface area contributed by atoms with Crippen molar-refractivity contribution in [2.45, 2.75) is 18.9 Å². The summed E-state index contributed by atoms with van der Waals surface area (Å²) in [5, 5.41) is 42.2. The molecule has 1 amide bonds. The zero-order valence-electron chi connectivity index (χ0n) is 15.0. The Bertz CT molecular complexity index is 1220. The standard InChI is InChI=1S/C20H15NO8/c1-6-7-3-2-4-10(22)11(7)15(24)12-8(6)5-9-14(23)16(25)13(19(21)28)18(27)20(9,29)17(12)26/h2-4,9,22,24-25,29H,5H2,1H3,(H2,21,28)/t9?,20-/m0/s1. The molecule has 2 aromatic rings. The van der Waals surface area contributed by atoms with Crippen LogP contribution in [-0.2, 0) is 20.8 Å². The summed E-state index contributed by atoms with van der Waals surface area (Å²) in [5.41, 5.74) is 1.08. The number of hydrogen-bond acceptors (Lipinski definition) is 8. The third-order valence-electron chi connectivity index (χ3n) is 5.77. The van der Waals surface area contributed by atoms with Crippen LogP contribution in [0.3, 0.4) is 0 Å². The maximum absolute atomic E-state index is 13.2. The van der Waals surface area contributed by atoms with Gasteiger partial charge in [-0.25, -0.2) is 0 Å². The maximum atomic E-state index is 13.2. The Morgan fingerprint density at radius 3 is 2.41 bits per heavy atom. The number of fused-ring (bicyclic) bond motifs is 3. The van der Waals surface area contributed by atoms with Gasteiger partial charge in [0.15, 0.2) is 5.76 Å². The largest absolute Gasteiger partial charge is 0.507 e. The van der Waals surface area contributed by atoms with Gasteiger partial charge in [0.2, 0.25) is 23.0 Å². The number of phenolic OH excluding ortho intramolecular Hbond substituents is 2. The van der Waals surface area contributed by atoms with Crippen molar-refractivity contribution in [3.63, 3.8) is 0 Å². The van der Waals surface area contributed by atoms with Crippen molar-refractivity contribution in [2.75, 3.05) is 0 Å². The predicted octanol–water partition coefficient (Wildman–Crippen LogP) is 0.0947. The van der Waals surface area contributed by atoms with Crippen molar-refractivity contribution < 1.29 is 39.6 Å². The van der Waals surface area contributed by atoms with E-state index in [1.807, 2.05) is 0 Å². The fourth-order valence-electron chi connectivity index (χ4n) is 4.28. The van der Waals surface area contributed by atoms with Crippen molar-refractivity contribution in [3.8, 4) is 11.5 Å². The molecule has 9 heteroatoms. The highest BCUT2D eigenvalue weighted by Crippen LogP contribution is 2.48. The summed E-state index contributed by atoms with van der Waals surface area (Å²) in [4.78, 5) is 50.1. The number of hydrogen-bond donors (Lipinski definition) is 5. The molecule has 148 valence electrons. The highest BCUT2D eigenvalue weighted by atomic mass is 16.3. The van der Waals surface area contributed by atoms with Crippen LogP contribution in [0.15, 0.2) is 29.5 Å². The summed E-state index contributed by atoms with van der Waals surface area (Å²) in [5.74, 6) is -9.32. The Kier molecular flexibility index (Phi) is 3.63. The third kappa shape index (κ3) is 2.07. The van der Waals surface area contributed by atoms with Crippen LogP contribution in [0.4, 0.5) is 0 Å². The maximum Gasteiger partial charge on any atom is 0.256 e. The van der Waals surface area contributed by atoms with Gasteiger partial charge in [-0.15, -0.1) is 0 Å². The number of aliphatic hydroxyl groups is 2. The highest BCUT2D eigenvalue weighted by Gasteiger charge is 2.63. The van der Waals surface area contributed by atoms with Gasteiger partial charge in [0.25, 0.3) is 5.91 Å². The fraction of sp³-hybridized carbons (Fsp3) is 0.200. The van der Waals surface area contributed by atoms with Gasteiger partial charge >= 0.3 is 0 Å². The van der Waals surface area contributed by atoms with Gasteiger partial charge in [0.1, 0.15) is 17.1 Å². The zero-order chi connectivity index (χ0) is 21.4. The number of allylic oxidation sites excluding steroid dienone is 1. The first kappa shape index (κ1) is 18.6. The van der Waals surface area contributed by atoms with Gasteiger partial charge in [-0.05, 0) is 35.9 Å². The second-order valence-corrected chi connectivity index (χ2v) is 7.16. The Labute approximate surface area is 162 Å². The average Bonchev–Trinajstić information content (AvgIpc) is 2.66. The number of ketones is 3. The molecule has 0 spiro atoms. The first-order chi connectivity index (χ1) is 13.5. The Morgan fingerprint density at radius 2 is 1.79 bits per heavy atom. The molecule has 0 heterocycles. The van der Waals surface area contributed by atoms with Gasteiger partial charge in [0.05, 0.1) is 16.9 Å². The highest BCUT2D eigenvalue weighted by molar-refractivity contribution is 6.38. The lowest BCUT2D eigenvalue weighted by molar-refractivity contribution is -0.146. The van der Waals surface area contributed by atoms with Gasteiger partial charge in [0, 0.05) is 0 Å². The van der Waals surface area contributed by atoms with E-state index in [4.69, 9.17) is 5.73 Å². The molecule has 2 aliphatic rings. The van der Waals surface area contributed by atoms with Crippen molar-refractivity contribution in [3.05, 3.63) is 46.2 Å². The van der Waals surface area contributed by atoms with Gasteiger partial charge in [-0.2, -0.15) is 0 Å². The van der Waals surface area contributed by atoms with Gasteiger partial charge in [-0.1, -0.05) is 12.1 Å². The Morgan fingerprint density at radius 1 is 1.14 bits per heavy atom. The lowest BCUT2D eigenvalue weighted by Gasteiger charge is -2.40. The lowest BCUT2D eigenvalue weighted by atomic mass is 9.62. The summed E-state index contributed by atoms with van der Waals surface area (Å²) in [6, 6.07) is 4.41. The molecule has 0 radical (unpaired) electrons. The molecule has 2 aromatic carbocycles. The number of amides is 1. The van der Waals surface area contributed by atoms with Gasteiger partial charge in [-0.3, -0.25) is 19.2 Å². The molecule has 2 aliphatic carbocycles. The molecule has 0 aromatic heterocycles. The quantitative estimate of drug-likeness (QED) is 0.332. The molecule has 0 bridgehead atoms. The molecule has 1 unspecified atom stereocenters. The van der Waals surface area contributed by atoms with Crippen molar-refractivity contribution in [1.29, 1.82) is 0 Å². The topological polar surface area (TPSA) is 175 Å². The minimum Gasteiger partial charge on any atom is -0.507 e. The molecule has 4 rings (SSSR count). The number of carbonyl (C=O) groups is 4. The van der Waals surface area contributed by atoms with E-state index in [1.165, 1.54) is 12.1 Å². The summed E-state index contributed by atoms with van der Waals surface area (Å²) in [6.45, 7) is 1.59. The summed E-state index contributed by atoms with van der Waals surface area (Å²) >= 11 is 0. The van der Waals surface area contributed by atoms with E-state index in [9.17, 15) is 39.6 Å². The second kappa shape index (κ2) is 5.65. The van der Waals surface area contributed by atoms with Crippen LogP contribution in [0.5, 0.6) is 11.5 Å². The predicted molar refractivity (Wildman–Crippen MR) is 97.4 cm³/mol. The van der Waals surface area contributed by atoms with Crippen LogP contribution in [0, 0.1) is 12.8 Å². The molecule has 9 nitrogen and oxygen atoms in total. The number of primary amides is 1. The van der Waals surface area contributed by atoms with E-state index in [0.717, 1.165) is 0 Å². The summed E-state index contributed by atoms with van der Waals surface area (Å²) < 4.78 is 0. The monoisotopic (exact) mass is 397 g/mol. The smallest absolute Gasteiger partial charge is 0.256 e. The number of aryl methyl sites for hydroxylation is 1. The number of aromatic hydroxyl groups is 2. The fourth-order valence-corrected chi connectivity index (χ4v) is 4.28. The number of phenols is 2. The normalized spacial score (nSPS) is 23.9. The van der Waals surface area contributed by atoms with Crippen LogP contribution >= 0.6 is 0 Å². The molecule has 6 N–H and O–H groups in total. The lowest BCUT2D eigenvalue weighted by Crippen LogP contribution is -2.62. The number of aliphatic hydroxyl groups excluding tert-OH is 1. The van der Waals surface area contributed by atoms with E-state index in [-0.39, 0.29) is 23.1 Å². The average molecular weight is 397 g/mol. The first-order valence-corrected chi connectivity index (χ1v) is 8.58. The summed E-state index contributed by atoms with van der Waals surface area (Å²) in [6.07, 6.45) is -0.358. The summed E-state index contributed by atoms with van der Waals surface area (Å²) in [7, 11) is 0. The van der Waals surface area contributed by atoms with E-state index < -0.39 is 57.4 Å². The zero-order valence-corrected chi connectivity index (χ0v) is 15.0. The van der Waals surface area contributed by atoms with E-state index in [2.05, 4.69) is 0 Å². The van der Waals surface area contributed by atoms with Crippen LogP contribution in [0.1, 0.15) is 21.5 Å². The Hall–Kier alpha value is -3.72. The number of nitrogens with two attached hydrogens (primary N) is 1. The van der Waals surface area contributed by atoms with Crippen molar-refractivity contribution in [1.82, 2.24) is 0 Å². The second-order valence-electron chi connectivity index (χ2n) is 7.16. The van der Waals surface area contributed by atoms with Crippen molar-refractivity contribution >= 4 is 34.0 Å². The molecule has 2 atom stereocenters. The minimum atomic E-state index is -3.01. The number of rotatable bonds is 1. The van der Waals surface area contributed by atoms with E-state index in [0.29, 0.717) is 10.9 Å². The van der Waals surface area contributed by atoms with Gasteiger partial charge < -0.3 is 26.2 Å². The number of carbonyl (C=O) groups excluding carboxylic acids is 4. The van der Waals surface area contributed by atoms with Crippen LogP contribution in [0.2, 0.25) is 0 Å². The van der Waals surface area contributed by atoms with Crippen LogP contribution in [-0.4, -0.2) is 49.3 Å². The Balaban J connectivity index is 2.08. The van der Waals surface area contributed by atoms with E-state index >= 15 is 0 Å². The molecule has 29 heavy (non-hydrogen) atoms. The number of benzene rings is 2. The SMILES string of the molecule is Cc1c2c(c(O)c3c(O)cccc13)C(=O)[C@]1(O)C(=O)C(C(N)=O)=C(O)C(=O)C1C2. The molecule has 0 saturated carbocycles. The first-order valence-electron chi connectivity index (χ1n) is 8.58. The molecular weight excluding hydrogens is 382 g/mol. The molecule has 0 saturated heterocycles. The van der Waals surface area contributed by atoms with Crippen LogP contribution in [0.25, 0.3) is 10.8 Å². The van der Waals surface area contributed by atoms with Crippen LogP contribution < -0.4 is 5.73 Å². The molecule has 0 aliphatic heterocycles.